The van der Waals surface area contributed by atoms with Crippen LogP contribution >= 0.6 is 0 Å². The molecule has 0 saturated carbocycles. The Morgan fingerprint density at radius 3 is 2.48 bits per heavy atom. The van der Waals surface area contributed by atoms with Gasteiger partial charge in [-0.1, -0.05) is 19.1 Å². The van der Waals surface area contributed by atoms with E-state index in [0.717, 1.165) is 6.42 Å². The van der Waals surface area contributed by atoms with Gasteiger partial charge in [-0.25, -0.2) is 0 Å². The average molecular weight is 409 g/mol. The van der Waals surface area contributed by atoms with E-state index in [9.17, 15) is 14.4 Å². The van der Waals surface area contributed by atoms with Crippen LogP contribution in [0.5, 0.6) is 0 Å². The number of likely N-dealkylation sites (tertiary alicyclic amines) is 1. The van der Waals surface area contributed by atoms with Crippen LogP contribution in [0.15, 0.2) is 12.2 Å². The van der Waals surface area contributed by atoms with Crippen LogP contribution in [0.25, 0.3) is 0 Å². The van der Waals surface area contributed by atoms with Crippen LogP contribution in [0.4, 0.5) is 0 Å². The molecule has 0 unspecified atom stereocenters. The molecule has 29 heavy (non-hydrogen) atoms. The minimum absolute atomic E-state index is 0.109. The molecule has 1 aliphatic carbocycles. The maximum absolute atomic E-state index is 13.4. The molecule has 2 rings (SSSR count). The molecule has 2 amide bonds. The van der Waals surface area contributed by atoms with Gasteiger partial charge in [0.05, 0.1) is 18.4 Å². The molecule has 5 atom stereocenters. The van der Waals surface area contributed by atoms with Crippen molar-refractivity contribution in [2.75, 3.05) is 19.8 Å². The van der Waals surface area contributed by atoms with Crippen LogP contribution in [-0.2, 0) is 19.1 Å². The zero-order valence-electron chi connectivity index (χ0n) is 18.3. The van der Waals surface area contributed by atoms with E-state index in [1.165, 1.54) is 0 Å². The fourth-order valence-corrected chi connectivity index (χ4v) is 4.45. The lowest BCUT2D eigenvalue weighted by atomic mass is 9.70. The number of amides is 2. The predicted molar refractivity (Wildman–Crippen MR) is 110 cm³/mol. The largest absolute Gasteiger partial charge is 0.466 e. The fraction of sp³-hybridized carbons (Fsp3) is 0.773. The number of fused-ring (bicyclic) bond motifs is 1. The Morgan fingerprint density at radius 1 is 1.21 bits per heavy atom. The van der Waals surface area contributed by atoms with Gasteiger partial charge in [0.1, 0.15) is 6.04 Å². The van der Waals surface area contributed by atoms with Gasteiger partial charge in [-0.2, -0.15) is 0 Å². The first-order valence-corrected chi connectivity index (χ1v) is 10.7. The summed E-state index contributed by atoms with van der Waals surface area (Å²) in [6.07, 6.45) is 6.01. The first-order valence-electron chi connectivity index (χ1n) is 10.7. The van der Waals surface area contributed by atoms with E-state index in [2.05, 4.69) is 5.32 Å². The molecule has 2 aliphatic rings. The van der Waals surface area contributed by atoms with E-state index in [-0.39, 0.29) is 42.8 Å². The summed E-state index contributed by atoms with van der Waals surface area (Å²) in [4.78, 5) is 40.8. The lowest BCUT2D eigenvalue weighted by molar-refractivity contribution is -0.155. The number of hydrogen-bond donors (Lipinski definition) is 2. The molecule has 1 aliphatic heterocycles. The second-order valence-corrected chi connectivity index (χ2v) is 9.12. The molecule has 7 heteroatoms. The third kappa shape index (κ3) is 5.38. The molecular formula is C22H36N2O5. The van der Waals surface area contributed by atoms with Crippen LogP contribution < -0.4 is 5.32 Å². The highest BCUT2D eigenvalue weighted by Gasteiger charge is 2.57. The summed E-state index contributed by atoms with van der Waals surface area (Å²) in [5.74, 6) is -2.35. The molecule has 2 N–H and O–H groups in total. The molecule has 0 aromatic rings. The van der Waals surface area contributed by atoms with E-state index < -0.39 is 23.4 Å². The Kier molecular flexibility index (Phi) is 7.86. The van der Waals surface area contributed by atoms with Crippen molar-refractivity contribution in [3.63, 3.8) is 0 Å². The Balaban J connectivity index is 2.34. The first kappa shape index (κ1) is 23.4. The number of carbonyl (C=O) groups excluding carboxylic acids is 3. The first-order chi connectivity index (χ1) is 13.6. The van der Waals surface area contributed by atoms with Crippen LogP contribution in [0, 0.1) is 23.7 Å². The van der Waals surface area contributed by atoms with Crippen LogP contribution in [-0.4, -0.2) is 59.1 Å². The second kappa shape index (κ2) is 9.74. The van der Waals surface area contributed by atoms with Crippen LogP contribution in [0.3, 0.4) is 0 Å². The number of hydrogen-bond acceptors (Lipinski definition) is 5. The number of aliphatic hydroxyl groups is 1. The molecule has 1 heterocycles. The Labute approximate surface area is 173 Å². The summed E-state index contributed by atoms with van der Waals surface area (Å²) in [6, 6.07) is -0.637. The summed E-state index contributed by atoms with van der Waals surface area (Å²) in [5.41, 5.74) is -0.424. The van der Waals surface area contributed by atoms with Gasteiger partial charge in [0.25, 0.3) is 0 Å². The van der Waals surface area contributed by atoms with E-state index in [1.807, 2.05) is 39.8 Å². The molecule has 7 nitrogen and oxygen atoms in total. The third-order valence-electron chi connectivity index (χ3n) is 5.66. The molecule has 0 aromatic carbocycles. The van der Waals surface area contributed by atoms with E-state index in [1.54, 1.807) is 11.8 Å². The van der Waals surface area contributed by atoms with Crippen molar-refractivity contribution in [1.29, 1.82) is 0 Å². The summed E-state index contributed by atoms with van der Waals surface area (Å²) in [5, 5.41) is 12.0. The SMILES string of the molecule is CCOC(=O)[C@H]1[C@H]2C(=O)N(CCCCCO)[C@H](C(=O)NC(C)(C)C)[C@H]2C=C[C@H]1C. The molecule has 1 fully saturated rings. The van der Waals surface area contributed by atoms with Crippen molar-refractivity contribution in [2.45, 2.75) is 65.5 Å². The molecule has 1 saturated heterocycles. The number of ether oxygens (including phenoxy) is 1. The Morgan fingerprint density at radius 2 is 1.90 bits per heavy atom. The summed E-state index contributed by atoms with van der Waals surface area (Å²) < 4.78 is 5.26. The molecule has 0 radical (unpaired) electrons. The lowest BCUT2D eigenvalue weighted by Crippen LogP contribution is -2.52. The molecule has 0 bridgehead atoms. The lowest BCUT2D eigenvalue weighted by Gasteiger charge is -2.33. The van der Waals surface area contributed by atoms with Gasteiger partial charge in [-0.3, -0.25) is 14.4 Å². The van der Waals surface area contributed by atoms with Gasteiger partial charge < -0.3 is 20.1 Å². The van der Waals surface area contributed by atoms with Crippen LogP contribution in [0.2, 0.25) is 0 Å². The number of nitrogens with zero attached hydrogens (tertiary/aromatic N) is 1. The van der Waals surface area contributed by atoms with Crippen LogP contribution in [0.1, 0.15) is 53.9 Å². The Bertz CT molecular complexity index is 640. The van der Waals surface area contributed by atoms with Gasteiger partial charge in [0.2, 0.25) is 11.8 Å². The van der Waals surface area contributed by atoms with Crippen molar-refractivity contribution >= 4 is 17.8 Å². The second-order valence-electron chi connectivity index (χ2n) is 9.12. The van der Waals surface area contributed by atoms with Crippen molar-refractivity contribution in [3.8, 4) is 0 Å². The smallest absolute Gasteiger partial charge is 0.310 e. The number of nitrogens with one attached hydrogen (secondary N) is 1. The number of unbranched alkanes of at least 4 members (excludes halogenated alkanes) is 2. The third-order valence-corrected chi connectivity index (χ3v) is 5.66. The highest BCUT2D eigenvalue weighted by molar-refractivity contribution is 5.96. The summed E-state index contributed by atoms with van der Waals surface area (Å²) >= 11 is 0. The molecule has 0 spiro atoms. The maximum atomic E-state index is 13.4. The van der Waals surface area contributed by atoms with Crippen molar-refractivity contribution in [3.05, 3.63) is 12.2 Å². The predicted octanol–water partition coefficient (Wildman–Crippen LogP) is 1.89. The quantitative estimate of drug-likeness (QED) is 0.363. The number of aliphatic hydroxyl groups excluding tert-OH is 1. The number of esters is 1. The highest BCUT2D eigenvalue weighted by Crippen LogP contribution is 2.44. The van der Waals surface area contributed by atoms with Gasteiger partial charge in [0.15, 0.2) is 0 Å². The van der Waals surface area contributed by atoms with Crippen molar-refractivity contribution in [1.82, 2.24) is 10.2 Å². The zero-order chi connectivity index (χ0) is 21.8. The number of rotatable bonds is 8. The molecular weight excluding hydrogens is 372 g/mol. The van der Waals surface area contributed by atoms with Crippen molar-refractivity contribution in [2.24, 2.45) is 23.7 Å². The monoisotopic (exact) mass is 408 g/mol. The van der Waals surface area contributed by atoms with E-state index in [4.69, 9.17) is 9.84 Å². The van der Waals surface area contributed by atoms with Gasteiger partial charge in [-0.15, -0.1) is 0 Å². The molecule has 164 valence electrons. The standard InChI is InChI=1S/C22H36N2O5/c1-6-29-21(28)16-14(2)10-11-15-17(16)20(27)24(12-8-7-9-13-25)18(15)19(26)23-22(3,4)5/h10-11,14-18,25H,6-9,12-13H2,1-5H3,(H,23,26)/t14-,15+,16-,17+,18+/m1/s1. The minimum Gasteiger partial charge on any atom is -0.466 e. The normalized spacial score (nSPS) is 29.0. The molecule has 0 aromatic heterocycles. The topological polar surface area (TPSA) is 95.9 Å². The van der Waals surface area contributed by atoms with Gasteiger partial charge in [0, 0.05) is 24.6 Å². The van der Waals surface area contributed by atoms with E-state index in [0.29, 0.717) is 19.4 Å². The zero-order valence-corrected chi connectivity index (χ0v) is 18.3. The maximum Gasteiger partial charge on any atom is 0.310 e. The number of allylic oxidation sites excluding steroid dienone is 1. The Hall–Kier alpha value is -1.89. The number of carbonyl (C=O) groups is 3. The van der Waals surface area contributed by atoms with E-state index >= 15 is 0 Å². The van der Waals surface area contributed by atoms with Gasteiger partial charge in [-0.05, 0) is 52.9 Å². The average Bonchev–Trinajstić information content (AvgIpc) is 2.90. The summed E-state index contributed by atoms with van der Waals surface area (Å²) in [6.45, 7) is 10.2. The fourth-order valence-electron chi connectivity index (χ4n) is 4.45. The summed E-state index contributed by atoms with van der Waals surface area (Å²) in [7, 11) is 0. The van der Waals surface area contributed by atoms with Gasteiger partial charge >= 0.3 is 5.97 Å². The highest BCUT2D eigenvalue weighted by atomic mass is 16.5. The minimum atomic E-state index is -0.637. The van der Waals surface area contributed by atoms with Crippen molar-refractivity contribution < 1.29 is 24.2 Å².